The molecule has 3 aromatic carbocycles. The van der Waals surface area contributed by atoms with E-state index in [1.165, 1.54) is 22.3 Å². The van der Waals surface area contributed by atoms with Crippen LogP contribution in [0.1, 0.15) is 24.6 Å². The zero-order chi connectivity index (χ0) is 25.1. The number of rotatable bonds is 2. The standard InChI is InChI=1S/C34H26N2O/c1-3-11-31-22(4-2)27-19-18-21(37)20-30(27)34-35-32-28-16-9-7-14-25(28)23-12-5-6-13-24(23)26-15-8-10-17-29(26)33(32)36(31)34/h3-17,19-21,37H,2,18H2,1H3/b11-3-,25-23?,26-24?,32-28?,33-29?. The zero-order valence-electron chi connectivity index (χ0n) is 20.6. The third-order valence-corrected chi connectivity index (χ3v) is 7.54. The Balaban J connectivity index is 1.79. The van der Waals surface area contributed by atoms with Crippen molar-refractivity contribution in [3.8, 4) is 44.8 Å². The third kappa shape index (κ3) is 3.08. The second-order valence-corrected chi connectivity index (χ2v) is 9.61. The molecule has 2 aliphatic rings. The van der Waals surface area contributed by atoms with Crippen LogP contribution in [0.5, 0.6) is 0 Å². The van der Waals surface area contributed by atoms with Crippen molar-refractivity contribution in [1.29, 1.82) is 0 Å². The minimum absolute atomic E-state index is 0.537. The molecule has 0 saturated heterocycles. The second-order valence-electron chi connectivity index (χ2n) is 9.61. The molecule has 7 rings (SSSR count). The summed E-state index contributed by atoms with van der Waals surface area (Å²) in [5, 5.41) is 12.7. The first-order valence-corrected chi connectivity index (χ1v) is 12.7. The van der Waals surface area contributed by atoms with Crippen molar-refractivity contribution in [2.24, 2.45) is 0 Å². The molecule has 0 aliphatic heterocycles. The number of nitrogens with zero attached hydrogens (tertiary/aromatic N) is 2. The summed E-state index contributed by atoms with van der Waals surface area (Å²) in [6.07, 6.45) is 10.3. The highest BCUT2D eigenvalue weighted by atomic mass is 16.3. The van der Waals surface area contributed by atoms with Crippen molar-refractivity contribution in [1.82, 2.24) is 9.38 Å². The Morgan fingerprint density at radius 2 is 1.41 bits per heavy atom. The fourth-order valence-corrected chi connectivity index (χ4v) is 6.02. The molecule has 0 saturated carbocycles. The first-order chi connectivity index (χ1) is 18.2. The van der Waals surface area contributed by atoms with Crippen molar-refractivity contribution >= 4 is 30.0 Å². The van der Waals surface area contributed by atoms with Crippen molar-refractivity contribution in [2.75, 3.05) is 0 Å². The Kier molecular flexibility index (Phi) is 4.88. The van der Waals surface area contributed by atoms with E-state index in [-0.39, 0.29) is 0 Å². The van der Waals surface area contributed by atoms with Gasteiger partial charge in [-0.05, 0) is 53.0 Å². The summed E-state index contributed by atoms with van der Waals surface area (Å²) >= 11 is 0. The molecule has 178 valence electrons. The third-order valence-electron chi connectivity index (χ3n) is 7.54. The first kappa shape index (κ1) is 21.8. The van der Waals surface area contributed by atoms with Gasteiger partial charge in [-0.1, -0.05) is 97.6 Å². The summed E-state index contributed by atoms with van der Waals surface area (Å²) in [6, 6.07) is 25.8. The maximum absolute atomic E-state index is 10.6. The lowest BCUT2D eigenvalue weighted by molar-refractivity contribution is 0.244. The highest BCUT2D eigenvalue weighted by Crippen LogP contribution is 2.47. The minimum atomic E-state index is -0.537. The smallest absolute Gasteiger partial charge is 0.146 e. The van der Waals surface area contributed by atoms with Gasteiger partial charge in [-0.25, -0.2) is 4.98 Å². The number of fused-ring (bicyclic) bond motifs is 12. The molecule has 0 radical (unpaired) electrons. The Morgan fingerprint density at radius 1 is 0.838 bits per heavy atom. The number of aliphatic hydroxyl groups excluding tert-OH is 1. The number of aromatic nitrogens is 2. The van der Waals surface area contributed by atoms with E-state index in [0.717, 1.165) is 49.9 Å². The van der Waals surface area contributed by atoms with Crippen LogP contribution in [0.3, 0.4) is 0 Å². The molecule has 0 bridgehead atoms. The van der Waals surface area contributed by atoms with Crippen molar-refractivity contribution < 1.29 is 5.11 Å². The van der Waals surface area contributed by atoms with E-state index in [2.05, 4.69) is 102 Å². The largest absolute Gasteiger partial charge is 0.389 e. The fraction of sp³-hybridized carbons (Fsp3) is 0.0882. The van der Waals surface area contributed by atoms with E-state index in [4.69, 9.17) is 4.98 Å². The van der Waals surface area contributed by atoms with E-state index < -0.39 is 6.10 Å². The van der Waals surface area contributed by atoms with Crippen LogP contribution in [0.25, 0.3) is 74.7 Å². The molecule has 2 aromatic heterocycles. The van der Waals surface area contributed by atoms with Gasteiger partial charge in [0.25, 0.3) is 0 Å². The predicted octanol–water partition coefficient (Wildman–Crippen LogP) is 6.32. The zero-order valence-corrected chi connectivity index (χ0v) is 20.6. The molecule has 37 heavy (non-hydrogen) atoms. The Bertz CT molecular complexity index is 1900. The lowest BCUT2D eigenvalue weighted by Gasteiger charge is -2.21. The Labute approximate surface area is 215 Å². The molecule has 2 heterocycles. The number of imidazole rings is 1. The van der Waals surface area contributed by atoms with Crippen LogP contribution in [0.15, 0.2) is 85.5 Å². The molecule has 0 spiro atoms. The van der Waals surface area contributed by atoms with Crippen LogP contribution >= 0.6 is 0 Å². The van der Waals surface area contributed by atoms with E-state index in [9.17, 15) is 5.11 Å². The van der Waals surface area contributed by atoms with Crippen LogP contribution < -0.4 is 10.4 Å². The predicted molar refractivity (Wildman–Crippen MR) is 154 cm³/mol. The summed E-state index contributed by atoms with van der Waals surface area (Å²) in [6.45, 7) is 6.22. The van der Waals surface area contributed by atoms with Gasteiger partial charge in [-0.2, -0.15) is 0 Å². The van der Waals surface area contributed by atoms with Gasteiger partial charge >= 0.3 is 0 Å². The number of pyridine rings is 1. The van der Waals surface area contributed by atoms with E-state index in [1.54, 1.807) is 0 Å². The Hall–Kier alpha value is -4.47. The maximum Gasteiger partial charge on any atom is 0.146 e. The van der Waals surface area contributed by atoms with Crippen LogP contribution in [0.2, 0.25) is 0 Å². The van der Waals surface area contributed by atoms with Crippen molar-refractivity contribution in [2.45, 2.75) is 19.4 Å². The SMILES string of the molecule is C=Cc1c(/C=C\C)n2c3c(nc2c2c1=CCC(O)C=2)-c1ccccc1-c1ccccc1-c1ccccc1-3. The average Bonchev–Trinajstić information content (AvgIpc) is 3.33. The first-order valence-electron chi connectivity index (χ1n) is 12.7. The molecular formula is C34H26N2O. The van der Waals surface area contributed by atoms with Gasteiger partial charge in [0.2, 0.25) is 0 Å². The van der Waals surface area contributed by atoms with Crippen LogP contribution in [0, 0.1) is 0 Å². The molecule has 1 N–H and O–H groups in total. The lowest BCUT2D eigenvalue weighted by atomic mass is 9.84. The highest BCUT2D eigenvalue weighted by Gasteiger charge is 2.28. The van der Waals surface area contributed by atoms with Gasteiger partial charge in [0, 0.05) is 21.9 Å². The monoisotopic (exact) mass is 478 g/mol. The molecular weight excluding hydrogens is 452 g/mol. The number of allylic oxidation sites excluding steroid dienone is 1. The second kappa shape index (κ2) is 8.29. The quantitative estimate of drug-likeness (QED) is 0.316. The highest BCUT2D eigenvalue weighted by molar-refractivity contribution is 6.02. The van der Waals surface area contributed by atoms with Gasteiger partial charge in [-0.15, -0.1) is 0 Å². The van der Waals surface area contributed by atoms with Gasteiger partial charge in [0.05, 0.1) is 23.2 Å². The van der Waals surface area contributed by atoms with Crippen LogP contribution in [-0.2, 0) is 0 Å². The summed E-state index contributed by atoms with van der Waals surface area (Å²) in [5.41, 5.74) is 11.9. The van der Waals surface area contributed by atoms with Gasteiger partial charge in [-0.3, -0.25) is 4.40 Å². The van der Waals surface area contributed by atoms with E-state index >= 15 is 0 Å². The molecule has 1 atom stereocenters. The molecule has 5 aromatic rings. The number of hydrogen-bond donors (Lipinski definition) is 1. The topological polar surface area (TPSA) is 37.5 Å². The molecule has 0 fully saturated rings. The molecule has 3 nitrogen and oxygen atoms in total. The number of aliphatic hydroxyl groups is 1. The fourth-order valence-electron chi connectivity index (χ4n) is 6.02. The minimum Gasteiger partial charge on any atom is -0.389 e. The normalized spacial score (nSPS) is 15.4. The molecule has 0 amide bonds. The summed E-state index contributed by atoms with van der Waals surface area (Å²) in [4.78, 5) is 5.37. The average molecular weight is 479 g/mol. The number of benzene rings is 3. The Morgan fingerprint density at radius 3 is 2.03 bits per heavy atom. The summed E-state index contributed by atoms with van der Waals surface area (Å²) in [5.74, 6) is 0. The van der Waals surface area contributed by atoms with E-state index in [1.807, 2.05) is 19.1 Å². The molecule has 3 heteroatoms. The molecule has 1 unspecified atom stereocenters. The van der Waals surface area contributed by atoms with Crippen LogP contribution in [0.4, 0.5) is 0 Å². The van der Waals surface area contributed by atoms with Gasteiger partial charge < -0.3 is 5.11 Å². The maximum atomic E-state index is 10.6. The van der Waals surface area contributed by atoms with Crippen molar-refractivity contribution in [3.05, 3.63) is 107 Å². The summed E-state index contributed by atoms with van der Waals surface area (Å²) < 4.78 is 2.27. The van der Waals surface area contributed by atoms with Crippen LogP contribution in [-0.4, -0.2) is 20.6 Å². The number of hydrogen-bond acceptors (Lipinski definition) is 2. The molecule has 2 aliphatic carbocycles. The van der Waals surface area contributed by atoms with Gasteiger partial charge in [0.15, 0.2) is 0 Å². The summed E-state index contributed by atoms with van der Waals surface area (Å²) in [7, 11) is 0. The lowest BCUT2D eigenvalue weighted by Crippen LogP contribution is -2.36. The van der Waals surface area contributed by atoms with Gasteiger partial charge in [0.1, 0.15) is 5.65 Å². The van der Waals surface area contributed by atoms with Crippen molar-refractivity contribution in [3.63, 3.8) is 0 Å². The van der Waals surface area contributed by atoms with E-state index in [0.29, 0.717) is 6.42 Å².